The second kappa shape index (κ2) is 7.85. The summed E-state index contributed by atoms with van der Waals surface area (Å²) in [4.78, 5) is 12.6. The number of hydrogen-bond donors (Lipinski definition) is 0. The number of cyclic esters (lactones) is 1. The summed E-state index contributed by atoms with van der Waals surface area (Å²) in [5.41, 5.74) is 6.80. The Morgan fingerprint density at radius 3 is 2.38 bits per heavy atom. The highest BCUT2D eigenvalue weighted by atomic mass is 35.5. The predicted molar refractivity (Wildman–Crippen MR) is 131 cm³/mol. The molecule has 0 aliphatic carbocycles. The van der Waals surface area contributed by atoms with Crippen molar-refractivity contribution in [3.8, 4) is 5.69 Å². The fourth-order valence-corrected chi connectivity index (χ4v) is 4.36. The van der Waals surface area contributed by atoms with Crippen LogP contribution in [0.3, 0.4) is 0 Å². The van der Waals surface area contributed by atoms with Crippen molar-refractivity contribution < 1.29 is 9.53 Å². The molecule has 0 radical (unpaired) electrons. The average molecular weight is 440 g/mol. The Kier molecular flexibility index (Phi) is 4.99. The van der Waals surface area contributed by atoms with Crippen molar-refractivity contribution in [3.05, 3.63) is 111 Å². The summed E-state index contributed by atoms with van der Waals surface area (Å²) in [5.74, 6) is 0.246. The molecule has 0 saturated heterocycles. The normalized spacial score (nSPS) is 14.8. The number of hydrogen-bond acceptors (Lipinski definition) is 2. The lowest BCUT2D eigenvalue weighted by Crippen LogP contribution is -1.99. The molecule has 2 heterocycles. The van der Waals surface area contributed by atoms with Gasteiger partial charge in [-0.15, -0.1) is 0 Å². The van der Waals surface area contributed by atoms with Crippen LogP contribution in [0.1, 0.15) is 28.1 Å². The van der Waals surface area contributed by atoms with Crippen LogP contribution in [0.4, 0.5) is 0 Å². The number of esters is 1. The number of benzene rings is 3. The van der Waals surface area contributed by atoms with E-state index in [1.165, 1.54) is 10.9 Å². The largest absolute Gasteiger partial charge is 0.422 e. The molecule has 4 heteroatoms. The Bertz CT molecular complexity index is 1440. The molecule has 3 nitrogen and oxygen atoms in total. The lowest BCUT2D eigenvalue weighted by atomic mass is 10.0. The second-order valence-corrected chi connectivity index (χ2v) is 8.64. The molecule has 0 spiro atoms. The van der Waals surface area contributed by atoms with Gasteiger partial charge in [0, 0.05) is 27.7 Å². The van der Waals surface area contributed by atoms with Crippen molar-refractivity contribution in [2.45, 2.75) is 20.8 Å². The van der Waals surface area contributed by atoms with Crippen molar-refractivity contribution in [1.82, 2.24) is 4.57 Å². The summed E-state index contributed by atoms with van der Waals surface area (Å²) in [6.45, 7) is 6.18. The molecule has 0 bridgehead atoms. The van der Waals surface area contributed by atoms with Crippen LogP contribution in [0.2, 0.25) is 5.02 Å². The first-order valence-corrected chi connectivity index (χ1v) is 10.9. The maximum Gasteiger partial charge on any atom is 0.343 e. The number of carbonyl (C=O) groups excluding carboxylic acids is 1. The summed E-state index contributed by atoms with van der Waals surface area (Å²) < 4.78 is 7.76. The molecule has 158 valence electrons. The van der Waals surface area contributed by atoms with Gasteiger partial charge < -0.3 is 9.30 Å². The van der Waals surface area contributed by atoms with E-state index in [0.717, 1.165) is 33.6 Å². The number of carbonyl (C=O) groups is 1. The summed E-state index contributed by atoms with van der Waals surface area (Å²) in [7, 11) is 0. The zero-order valence-corrected chi connectivity index (χ0v) is 18.9. The number of ether oxygens (including phenoxy) is 1. The van der Waals surface area contributed by atoms with E-state index < -0.39 is 0 Å². The van der Waals surface area contributed by atoms with E-state index in [9.17, 15) is 4.79 Å². The standard InChI is InChI=1S/C28H22ClNO2/c1-17-4-5-21-14-22(7-6-20(21)12-17)27-16-24(28(31)32-27)15-23-13-18(2)30(19(23)3)26-10-8-25(29)9-11-26/h4-16H,1-3H3/b24-15-. The van der Waals surface area contributed by atoms with Crippen LogP contribution in [0, 0.1) is 20.8 Å². The van der Waals surface area contributed by atoms with Crippen LogP contribution in [0.15, 0.2) is 78.4 Å². The van der Waals surface area contributed by atoms with Gasteiger partial charge in [-0.05, 0) is 85.7 Å². The number of aryl methyl sites for hydroxylation is 2. The maximum atomic E-state index is 12.6. The molecule has 0 fully saturated rings. The number of rotatable bonds is 3. The second-order valence-electron chi connectivity index (χ2n) is 8.20. The topological polar surface area (TPSA) is 31.2 Å². The van der Waals surface area contributed by atoms with E-state index in [2.05, 4.69) is 54.8 Å². The van der Waals surface area contributed by atoms with Crippen LogP contribution in [-0.2, 0) is 9.53 Å². The highest BCUT2D eigenvalue weighted by Gasteiger charge is 2.23. The third-order valence-corrected chi connectivity index (χ3v) is 6.12. The molecule has 0 amide bonds. The maximum absolute atomic E-state index is 12.6. The third kappa shape index (κ3) is 3.65. The smallest absolute Gasteiger partial charge is 0.343 e. The monoisotopic (exact) mass is 439 g/mol. The van der Waals surface area contributed by atoms with Gasteiger partial charge in [0.2, 0.25) is 0 Å². The van der Waals surface area contributed by atoms with E-state index in [-0.39, 0.29) is 5.97 Å². The van der Waals surface area contributed by atoms with Gasteiger partial charge in [-0.1, -0.05) is 47.5 Å². The lowest BCUT2D eigenvalue weighted by molar-refractivity contribution is -0.130. The molecular formula is C28H22ClNO2. The first-order chi connectivity index (χ1) is 15.4. The quantitative estimate of drug-likeness (QED) is 0.250. The molecule has 1 aliphatic rings. The van der Waals surface area contributed by atoms with Crippen LogP contribution < -0.4 is 0 Å². The summed E-state index contributed by atoms with van der Waals surface area (Å²) in [5, 5.41) is 2.99. The fraction of sp³-hybridized carbons (Fsp3) is 0.107. The summed E-state index contributed by atoms with van der Waals surface area (Å²) in [6, 6.07) is 22.3. The Hall–Kier alpha value is -3.56. The van der Waals surface area contributed by atoms with Gasteiger partial charge >= 0.3 is 5.97 Å². The van der Waals surface area contributed by atoms with Gasteiger partial charge in [0.05, 0.1) is 5.57 Å². The number of halogens is 1. The van der Waals surface area contributed by atoms with Crippen LogP contribution >= 0.6 is 11.6 Å². The molecule has 5 rings (SSSR count). The first-order valence-electron chi connectivity index (χ1n) is 10.5. The number of fused-ring (bicyclic) bond motifs is 1. The van der Waals surface area contributed by atoms with E-state index >= 15 is 0 Å². The Labute approximate surface area is 192 Å². The third-order valence-electron chi connectivity index (χ3n) is 5.87. The van der Waals surface area contributed by atoms with Crippen molar-refractivity contribution in [1.29, 1.82) is 0 Å². The SMILES string of the molecule is Cc1ccc2cc(C3=C/C(=C/c4cc(C)n(-c5ccc(Cl)cc5)c4C)C(=O)O3)ccc2c1. The van der Waals surface area contributed by atoms with Gasteiger partial charge in [0.15, 0.2) is 0 Å². The molecule has 0 N–H and O–H groups in total. The Morgan fingerprint density at radius 2 is 1.59 bits per heavy atom. The van der Waals surface area contributed by atoms with Crippen molar-refractivity contribution in [2.24, 2.45) is 0 Å². The molecule has 0 unspecified atom stereocenters. The summed E-state index contributed by atoms with van der Waals surface area (Å²) >= 11 is 6.04. The van der Waals surface area contributed by atoms with Crippen molar-refractivity contribution in [3.63, 3.8) is 0 Å². The molecule has 4 aromatic rings. The minimum absolute atomic E-state index is 0.333. The minimum atomic E-state index is -0.333. The molecule has 32 heavy (non-hydrogen) atoms. The molecule has 1 aromatic heterocycles. The zero-order chi connectivity index (χ0) is 22.4. The molecule has 3 aromatic carbocycles. The van der Waals surface area contributed by atoms with E-state index in [1.807, 2.05) is 49.4 Å². The fourth-order valence-electron chi connectivity index (χ4n) is 4.24. The summed E-state index contributed by atoms with van der Waals surface area (Å²) in [6.07, 6.45) is 3.72. The van der Waals surface area contributed by atoms with E-state index in [4.69, 9.17) is 16.3 Å². The lowest BCUT2D eigenvalue weighted by Gasteiger charge is -2.09. The molecule has 1 aliphatic heterocycles. The number of nitrogens with zero attached hydrogens (tertiary/aromatic N) is 1. The van der Waals surface area contributed by atoms with Gasteiger partial charge in [-0.25, -0.2) is 4.79 Å². The average Bonchev–Trinajstić information content (AvgIpc) is 3.27. The van der Waals surface area contributed by atoms with Crippen LogP contribution in [-0.4, -0.2) is 10.5 Å². The highest BCUT2D eigenvalue weighted by molar-refractivity contribution is 6.30. The Balaban J connectivity index is 1.51. The van der Waals surface area contributed by atoms with Gasteiger partial charge in [-0.2, -0.15) is 0 Å². The molecule has 0 atom stereocenters. The highest BCUT2D eigenvalue weighted by Crippen LogP contribution is 2.31. The molecule has 0 saturated carbocycles. The van der Waals surface area contributed by atoms with Crippen molar-refractivity contribution >= 4 is 40.2 Å². The van der Waals surface area contributed by atoms with E-state index in [1.54, 1.807) is 0 Å². The van der Waals surface area contributed by atoms with E-state index in [0.29, 0.717) is 16.4 Å². The minimum Gasteiger partial charge on any atom is -0.422 e. The van der Waals surface area contributed by atoms with Gasteiger partial charge in [0.25, 0.3) is 0 Å². The van der Waals surface area contributed by atoms with Crippen LogP contribution in [0.5, 0.6) is 0 Å². The predicted octanol–water partition coefficient (Wildman–Crippen LogP) is 7.19. The van der Waals surface area contributed by atoms with Crippen LogP contribution in [0.25, 0.3) is 28.3 Å². The van der Waals surface area contributed by atoms with Gasteiger partial charge in [0.1, 0.15) is 5.76 Å². The van der Waals surface area contributed by atoms with Crippen molar-refractivity contribution in [2.75, 3.05) is 0 Å². The first kappa shape index (κ1) is 20.3. The zero-order valence-electron chi connectivity index (χ0n) is 18.1. The molecular weight excluding hydrogens is 418 g/mol. The van der Waals surface area contributed by atoms with Gasteiger partial charge in [-0.3, -0.25) is 0 Å². The number of aromatic nitrogens is 1. The Morgan fingerprint density at radius 1 is 0.875 bits per heavy atom.